The largest absolute Gasteiger partial charge is 0.473 e. The molecule has 0 aliphatic carbocycles. The summed E-state index contributed by atoms with van der Waals surface area (Å²) in [5, 5.41) is 4.49. The Morgan fingerprint density at radius 2 is 2.47 bits per heavy atom. The molecule has 0 N–H and O–H groups in total. The number of carbonyl (C=O) groups is 1. The lowest BCUT2D eigenvalue weighted by atomic mass is 10.5. The van der Waals surface area contributed by atoms with E-state index in [0.29, 0.717) is 15.9 Å². The summed E-state index contributed by atoms with van der Waals surface area (Å²) in [5.74, 6) is 0.484. The standard InChI is InChI=1S/C8H6BrN3O2S/c1-14-8-11-7(6(4-13)15-8)12-3-5(9)2-10-12/h2-4H,1H3. The Balaban J connectivity index is 2.51. The Morgan fingerprint density at radius 1 is 1.67 bits per heavy atom. The zero-order valence-electron chi connectivity index (χ0n) is 7.68. The van der Waals surface area contributed by atoms with Crippen molar-refractivity contribution < 1.29 is 9.53 Å². The van der Waals surface area contributed by atoms with E-state index in [1.54, 1.807) is 12.4 Å². The molecule has 0 aliphatic rings. The molecule has 0 unspecified atom stereocenters. The van der Waals surface area contributed by atoms with Crippen molar-refractivity contribution in [1.29, 1.82) is 0 Å². The highest BCUT2D eigenvalue weighted by Gasteiger charge is 2.13. The van der Waals surface area contributed by atoms with Crippen molar-refractivity contribution in [2.45, 2.75) is 0 Å². The smallest absolute Gasteiger partial charge is 0.275 e. The Labute approximate surface area is 97.8 Å². The van der Waals surface area contributed by atoms with Crippen LogP contribution < -0.4 is 4.74 Å². The highest BCUT2D eigenvalue weighted by Crippen LogP contribution is 2.26. The zero-order valence-corrected chi connectivity index (χ0v) is 10.1. The van der Waals surface area contributed by atoms with E-state index in [2.05, 4.69) is 26.0 Å². The van der Waals surface area contributed by atoms with E-state index in [-0.39, 0.29) is 0 Å². The molecule has 2 heterocycles. The number of nitrogens with zero attached hydrogens (tertiary/aromatic N) is 3. The summed E-state index contributed by atoms with van der Waals surface area (Å²) >= 11 is 4.46. The maximum atomic E-state index is 10.8. The molecule has 2 rings (SSSR count). The first-order valence-electron chi connectivity index (χ1n) is 3.95. The molecule has 15 heavy (non-hydrogen) atoms. The van der Waals surface area contributed by atoms with E-state index < -0.39 is 0 Å². The molecule has 0 saturated carbocycles. The monoisotopic (exact) mass is 287 g/mol. The quantitative estimate of drug-likeness (QED) is 0.810. The van der Waals surface area contributed by atoms with Crippen LogP contribution in [0.4, 0.5) is 0 Å². The van der Waals surface area contributed by atoms with Crippen molar-refractivity contribution in [1.82, 2.24) is 14.8 Å². The minimum atomic E-state index is 0.443. The second kappa shape index (κ2) is 4.11. The lowest BCUT2D eigenvalue weighted by Crippen LogP contribution is -1.97. The van der Waals surface area contributed by atoms with Gasteiger partial charge in [-0.3, -0.25) is 4.79 Å². The highest BCUT2D eigenvalue weighted by molar-refractivity contribution is 9.10. The first-order chi connectivity index (χ1) is 7.24. The molecule has 0 aliphatic heterocycles. The number of aromatic nitrogens is 3. The fraction of sp³-hybridized carbons (Fsp3) is 0.125. The van der Waals surface area contributed by atoms with Gasteiger partial charge < -0.3 is 4.74 Å². The maximum Gasteiger partial charge on any atom is 0.275 e. The molecule has 0 saturated heterocycles. The van der Waals surface area contributed by atoms with Crippen LogP contribution in [-0.2, 0) is 0 Å². The molecule has 0 aromatic carbocycles. The van der Waals surface area contributed by atoms with Gasteiger partial charge in [-0.05, 0) is 15.9 Å². The van der Waals surface area contributed by atoms with E-state index in [4.69, 9.17) is 4.74 Å². The van der Waals surface area contributed by atoms with Crippen LogP contribution in [0.1, 0.15) is 9.67 Å². The third-order valence-electron chi connectivity index (χ3n) is 1.66. The van der Waals surface area contributed by atoms with Crippen LogP contribution in [0.2, 0.25) is 0 Å². The predicted molar refractivity (Wildman–Crippen MR) is 58.9 cm³/mol. The number of methoxy groups -OCH3 is 1. The van der Waals surface area contributed by atoms with Crippen LogP contribution in [0.25, 0.3) is 5.82 Å². The Hall–Kier alpha value is -1.21. The molecular weight excluding hydrogens is 282 g/mol. The topological polar surface area (TPSA) is 57.0 Å². The Bertz CT molecular complexity index is 494. The third kappa shape index (κ3) is 1.93. The van der Waals surface area contributed by atoms with Gasteiger partial charge in [0.2, 0.25) is 0 Å². The third-order valence-corrected chi connectivity index (χ3v) is 3.01. The molecule has 0 fully saturated rings. The lowest BCUT2D eigenvalue weighted by Gasteiger charge is -1.94. The van der Waals surface area contributed by atoms with Crippen molar-refractivity contribution in [3.63, 3.8) is 0 Å². The number of halogens is 1. The summed E-state index contributed by atoms with van der Waals surface area (Å²) < 4.78 is 7.31. The maximum absolute atomic E-state index is 10.8. The fourth-order valence-electron chi connectivity index (χ4n) is 1.05. The van der Waals surface area contributed by atoms with Crippen LogP contribution in [0.15, 0.2) is 16.9 Å². The molecule has 2 aromatic heterocycles. The van der Waals surface area contributed by atoms with Gasteiger partial charge in [0.15, 0.2) is 12.1 Å². The molecule has 0 bridgehead atoms. The van der Waals surface area contributed by atoms with Gasteiger partial charge in [-0.25, -0.2) is 4.68 Å². The molecule has 5 nitrogen and oxygen atoms in total. The minimum Gasteiger partial charge on any atom is -0.473 e. The van der Waals surface area contributed by atoms with Crippen molar-refractivity contribution in [3.05, 3.63) is 21.7 Å². The Morgan fingerprint density at radius 3 is 3.00 bits per heavy atom. The summed E-state index contributed by atoms with van der Waals surface area (Å²) in [5.41, 5.74) is 0. The van der Waals surface area contributed by atoms with Gasteiger partial charge in [0.25, 0.3) is 5.19 Å². The predicted octanol–water partition coefficient (Wildman–Crippen LogP) is 1.91. The van der Waals surface area contributed by atoms with Crippen LogP contribution in [-0.4, -0.2) is 28.2 Å². The Kier molecular flexibility index (Phi) is 2.83. The fourth-order valence-corrected chi connectivity index (χ4v) is 2.02. The first kappa shape index (κ1) is 10.3. The van der Waals surface area contributed by atoms with Gasteiger partial charge >= 0.3 is 0 Å². The molecule has 0 amide bonds. The average molecular weight is 288 g/mol. The van der Waals surface area contributed by atoms with Gasteiger partial charge in [-0.2, -0.15) is 10.1 Å². The van der Waals surface area contributed by atoms with Crippen LogP contribution in [0, 0.1) is 0 Å². The van der Waals surface area contributed by atoms with Crippen LogP contribution >= 0.6 is 27.3 Å². The number of aldehydes is 1. The second-order valence-electron chi connectivity index (χ2n) is 2.59. The van der Waals surface area contributed by atoms with Crippen molar-refractivity contribution in [3.8, 4) is 11.0 Å². The number of ether oxygens (including phenoxy) is 1. The van der Waals surface area contributed by atoms with Crippen LogP contribution in [0.5, 0.6) is 5.19 Å². The van der Waals surface area contributed by atoms with E-state index >= 15 is 0 Å². The molecule has 0 spiro atoms. The molecule has 7 heteroatoms. The lowest BCUT2D eigenvalue weighted by molar-refractivity contribution is 0.112. The van der Waals surface area contributed by atoms with Crippen molar-refractivity contribution in [2.24, 2.45) is 0 Å². The molecule has 0 radical (unpaired) electrons. The number of carbonyl (C=O) groups excluding carboxylic acids is 1. The summed E-state index contributed by atoms with van der Waals surface area (Å²) in [6.07, 6.45) is 4.09. The number of rotatable bonds is 3. The minimum absolute atomic E-state index is 0.443. The van der Waals surface area contributed by atoms with Crippen molar-refractivity contribution in [2.75, 3.05) is 7.11 Å². The van der Waals surface area contributed by atoms with Gasteiger partial charge in [-0.15, -0.1) is 0 Å². The van der Waals surface area contributed by atoms with Gasteiger partial charge in [-0.1, -0.05) is 11.3 Å². The van der Waals surface area contributed by atoms with E-state index in [1.807, 2.05) is 0 Å². The molecule has 78 valence electrons. The summed E-state index contributed by atoms with van der Waals surface area (Å²) in [7, 11) is 1.51. The highest BCUT2D eigenvalue weighted by atomic mass is 79.9. The summed E-state index contributed by atoms with van der Waals surface area (Å²) in [4.78, 5) is 15.4. The van der Waals surface area contributed by atoms with Gasteiger partial charge in [0.05, 0.1) is 17.8 Å². The summed E-state index contributed by atoms with van der Waals surface area (Å²) in [6, 6.07) is 0. The summed E-state index contributed by atoms with van der Waals surface area (Å²) in [6.45, 7) is 0. The van der Waals surface area contributed by atoms with Crippen molar-refractivity contribution >= 4 is 33.6 Å². The normalized spacial score (nSPS) is 10.3. The van der Waals surface area contributed by atoms with E-state index in [0.717, 1.165) is 10.8 Å². The molecule has 0 atom stereocenters. The van der Waals surface area contributed by atoms with E-state index in [1.165, 1.54) is 23.1 Å². The zero-order chi connectivity index (χ0) is 10.8. The number of hydrogen-bond acceptors (Lipinski definition) is 5. The average Bonchev–Trinajstić information content (AvgIpc) is 2.82. The van der Waals surface area contributed by atoms with Crippen LogP contribution in [0.3, 0.4) is 0 Å². The second-order valence-corrected chi connectivity index (χ2v) is 4.50. The van der Waals surface area contributed by atoms with Gasteiger partial charge in [0.1, 0.15) is 4.88 Å². The van der Waals surface area contributed by atoms with Gasteiger partial charge in [0, 0.05) is 6.20 Å². The first-order valence-corrected chi connectivity index (χ1v) is 5.56. The SMILES string of the molecule is COc1nc(-n2cc(Br)cn2)c(C=O)s1. The number of thiazole rings is 1. The number of hydrogen-bond donors (Lipinski definition) is 0. The van der Waals surface area contributed by atoms with E-state index in [9.17, 15) is 4.79 Å². The molecule has 2 aromatic rings. The molecular formula is C8H6BrN3O2S.